The molecule has 0 atom stereocenters. The molecule has 0 saturated carbocycles. The lowest BCUT2D eigenvalue weighted by Crippen LogP contribution is -2.30. The zero-order valence-corrected chi connectivity index (χ0v) is 12.5. The van der Waals surface area contributed by atoms with Crippen molar-refractivity contribution in [2.24, 2.45) is 4.99 Å². The number of hydrogen-bond acceptors (Lipinski definition) is 2. The van der Waals surface area contributed by atoms with Crippen molar-refractivity contribution in [1.82, 2.24) is 0 Å². The van der Waals surface area contributed by atoms with Gasteiger partial charge >= 0.3 is 0 Å². The Balaban J connectivity index is 2.07. The number of allylic oxidation sites excluding steroid dienone is 1. The van der Waals surface area contributed by atoms with Crippen molar-refractivity contribution in [3.8, 4) is 0 Å². The van der Waals surface area contributed by atoms with Crippen LogP contribution < -0.4 is 4.90 Å². The molecule has 1 amide bonds. The Morgan fingerprint density at radius 2 is 1.91 bits per heavy atom. The summed E-state index contributed by atoms with van der Waals surface area (Å²) in [5, 5.41) is 0. The van der Waals surface area contributed by atoms with Gasteiger partial charge in [-0.05, 0) is 25.1 Å². The minimum atomic E-state index is -0.989. The lowest BCUT2D eigenvalue weighted by atomic mass is 10.1. The first-order valence-electron chi connectivity index (χ1n) is 7.18. The molecule has 2 aromatic rings. The van der Waals surface area contributed by atoms with Crippen LogP contribution in [0.2, 0.25) is 0 Å². The number of anilines is 1. The number of carbonyl (C=O) groups is 1. The van der Waals surface area contributed by atoms with Crippen molar-refractivity contribution in [3.05, 3.63) is 71.8 Å². The Kier molecular flexibility index (Phi) is 4.02. The Morgan fingerprint density at radius 3 is 2.65 bits per heavy atom. The van der Waals surface area contributed by atoms with Crippen molar-refractivity contribution in [1.29, 1.82) is 0 Å². The van der Waals surface area contributed by atoms with E-state index in [0.29, 0.717) is 12.1 Å². The van der Waals surface area contributed by atoms with Gasteiger partial charge in [-0.1, -0.05) is 30.4 Å². The summed E-state index contributed by atoms with van der Waals surface area (Å²) in [5.41, 5.74) is 1.88. The van der Waals surface area contributed by atoms with Crippen LogP contribution >= 0.6 is 0 Å². The molecular formula is C18H14F2N2O. The highest BCUT2D eigenvalue weighted by Crippen LogP contribution is 2.30. The second kappa shape index (κ2) is 6.12. The van der Waals surface area contributed by atoms with Gasteiger partial charge in [0.05, 0.1) is 11.4 Å². The van der Waals surface area contributed by atoms with E-state index < -0.39 is 11.6 Å². The van der Waals surface area contributed by atoms with Crippen LogP contribution in [0, 0.1) is 11.6 Å². The van der Waals surface area contributed by atoms with Gasteiger partial charge in [-0.15, -0.1) is 0 Å². The first-order valence-corrected chi connectivity index (χ1v) is 7.18. The fourth-order valence-electron chi connectivity index (χ4n) is 2.45. The number of nitrogens with zero attached hydrogens (tertiary/aromatic N) is 2. The molecular weight excluding hydrogens is 298 g/mol. The van der Waals surface area contributed by atoms with E-state index >= 15 is 0 Å². The van der Waals surface area contributed by atoms with Gasteiger partial charge < -0.3 is 4.90 Å². The van der Waals surface area contributed by atoms with Gasteiger partial charge in [0.15, 0.2) is 11.6 Å². The van der Waals surface area contributed by atoms with Crippen LogP contribution in [0.4, 0.5) is 20.2 Å². The first-order chi connectivity index (χ1) is 11.1. The molecule has 3 nitrogen and oxygen atoms in total. The summed E-state index contributed by atoms with van der Waals surface area (Å²) in [7, 11) is 0. The lowest BCUT2D eigenvalue weighted by molar-refractivity contribution is -0.112. The molecule has 0 N–H and O–H groups in total. The van der Waals surface area contributed by atoms with Crippen molar-refractivity contribution >= 4 is 23.0 Å². The first kappa shape index (κ1) is 15.1. The van der Waals surface area contributed by atoms with E-state index in [1.165, 1.54) is 6.07 Å². The number of amides is 1. The molecule has 0 saturated heterocycles. The third kappa shape index (κ3) is 2.77. The highest BCUT2D eigenvalue weighted by molar-refractivity contribution is 6.54. The summed E-state index contributed by atoms with van der Waals surface area (Å²) >= 11 is 0. The summed E-state index contributed by atoms with van der Waals surface area (Å²) in [6.45, 7) is 2.31. The van der Waals surface area contributed by atoms with E-state index in [1.807, 2.05) is 37.3 Å². The van der Waals surface area contributed by atoms with Gasteiger partial charge in [0.25, 0.3) is 5.91 Å². The van der Waals surface area contributed by atoms with Crippen LogP contribution in [0.1, 0.15) is 12.5 Å². The Morgan fingerprint density at radius 1 is 1.13 bits per heavy atom. The van der Waals surface area contributed by atoms with Crippen LogP contribution in [0.25, 0.3) is 0 Å². The number of hydrogen-bond donors (Lipinski definition) is 0. The van der Waals surface area contributed by atoms with Crippen LogP contribution in [0.3, 0.4) is 0 Å². The highest BCUT2D eigenvalue weighted by Gasteiger charge is 2.32. The zero-order chi connectivity index (χ0) is 16.4. The maximum atomic E-state index is 13.3. The molecule has 0 aliphatic carbocycles. The molecule has 1 heterocycles. The monoisotopic (exact) mass is 312 g/mol. The number of fused-ring (bicyclic) bond motifs is 1. The van der Waals surface area contributed by atoms with E-state index in [2.05, 4.69) is 4.99 Å². The molecule has 0 aromatic heterocycles. The number of benzene rings is 2. The smallest absolute Gasteiger partial charge is 0.277 e. The van der Waals surface area contributed by atoms with Crippen LogP contribution in [0.5, 0.6) is 0 Å². The normalized spacial score (nSPS) is 15.7. The van der Waals surface area contributed by atoms with Gasteiger partial charge in [0.1, 0.15) is 5.71 Å². The molecule has 0 spiro atoms. The summed E-state index contributed by atoms with van der Waals surface area (Å²) in [6, 6.07) is 10.6. The SMILES string of the molecule is C/C=C/CN1C(=O)C(=Nc2ccc(F)c(F)c2)c2ccccc21. The summed E-state index contributed by atoms with van der Waals surface area (Å²) < 4.78 is 26.4. The average Bonchev–Trinajstić information content (AvgIpc) is 2.81. The van der Waals surface area contributed by atoms with Gasteiger partial charge in [-0.2, -0.15) is 0 Å². The number of aliphatic imine (C=N–C) groups is 1. The molecule has 3 rings (SSSR count). The van der Waals surface area contributed by atoms with Crippen molar-refractivity contribution in [2.45, 2.75) is 6.92 Å². The highest BCUT2D eigenvalue weighted by atomic mass is 19.2. The fourth-order valence-corrected chi connectivity index (χ4v) is 2.45. The number of halogens is 2. The van der Waals surface area contributed by atoms with Crippen LogP contribution in [0.15, 0.2) is 59.6 Å². The second-order valence-electron chi connectivity index (χ2n) is 5.06. The topological polar surface area (TPSA) is 32.7 Å². The minimum Gasteiger partial charge on any atom is -0.303 e. The summed E-state index contributed by atoms with van der Waals surface area (Å²) in [6.07, 6.45) is 3.73. The van der Waals surface area contributed by atoms with Crippen molar-refractivity contribution in [2.75, 3.05) is 11.4 Å². The quantitative estimate of drug-likeness (QED) is 0.788. The van der Waals surface area contributed by atoms with Gasteiger partial charge in [-0.25, -0.2) is 13.8 Å². The molecule has 1 aliphatic rings. The average molecular weight is 312 g/mol. The van der Waals surface area contributed by atoms with E-state index in [4.69, 9.17) is 0 Å². The van der Waals surface area contributed by atoms with E-state index in [1.54, 1.807) is 11.0 Å². The van der Waals surface area contributed by atoms with Crippen molar-refractivity contribution < 1.29 is 13.6 Å². The Bertz CT molecular complexity index is 828. The predicted octanol–water partition coefficient (Wildman–Crippen LogP) is 4.01. The standard InChI is InChI=1S/C18H14F2N2O/c1-2-3-10-22-16-7-5-4-6-13(16)17(18(22)23)21-12-8-9-14(19)15(20)11-12/h2-9,11H,10H2,1H3/b3-2+,21-17?. The number of carbonyl (C=O) groups excluding carboxylic acids is 1. The summed E-state index contributed by atoms with van der Waals surface area (Å²) in [5.74, 6) is -2.19. The van der Waals surface area contributed by atoms with Gasteiger partial charge in [0.2, 0.25) is 0 Å². The molecule has 0 radical (unpaired) electrons. The zero-order valence-electron chi connectivity index (χ0n) is 12.5. The molecule has 5 heteroatoms. The molecule has 116 valence electrons. The van der Waals surface area contributed by atoms with E-state index in [-0.39, 0.29) is 17.3 Å². The third-order valence-corrected chi connectivity index (χ3v) is 3.57. The van der Waals surface area contributed by atoms with E-state index in [9.17, 15) is 13.6 Å². The molecule has 0 fully saturated rings. The minimum absolute atomic E-state index is 0.204. The van der Waals surface area contributed by atoms with Gasteiger partial charge in [-0.3, -0.25) is 4.79 Å². The molecule has 1 aliphatic heterocycles. The maximum absolute atomic E-state index is 13.3. The number of rotatable bonds is 3. The van der Waals surface area contributed by atoms with Gasteiger partial charge in [0, 0.05) is 18.2 Å². The molecule has 0 unspecified atom stereocenters. The lowest BCUT2D eigenvalue weighted by Gasteiger charge is -2.13. The Labute approximate surface area is 132 Å². The van der Waals surface area contributed by atoms with Crippen LogP contribution in [-0.4, -0.2) is 18.2 Å². The fraction of sp³-hybridized carbons (Fsp3) is 0.111. The second-order valence-corrected chi connectivity index (χ2v) is 5.06. The molecule has 2 aromatic carbocycles. The van der Waals surface area contributed by atoms with Crippen molar-refractivity contribution in [3.63, 3.8) is 0 Å². The molecule has 0 bridgehead atoms. The molecule has 23 heavy (non-hydrogen) atoms. The van der Waals surface area contributed by atoms with E-state index in [0.717, 1.165) is 17.8 Å². The number of para-hydroxylation sites is 1. The predicted molar refractivity (Wildman–Crippen MR) is 86.2 cm³/mol. The third-order valence-electron chi connectivity index (χ3n) is 3.57. The van der Waals surface area contributed by atoms with Crippen LogP contribution in [-0.2, 0) is 4.79 Å². The summed E-state index contributed by atoms with van der Waals surface area (Å²) in [4.78, 5) is 18.5. The largest absolute Gasteiger partial charge is 0.303 e. The maximum Gasteiger partial charge on any atom is 0.277 e. The Hall–Kier alpha value is -2.82.